The smallest absolute Gasteiger partial charge is 0.867 e. The van der Waals surface area contributed by atoms with E-state index in [1.807, 2.05) is 0 Å². The molecule has 40 valence electrons. The van der Waals surface area contributed by atoms with Crippen LogP contribution in [0.25, 0.3) is 0 Å². The molecule has 0 aliphatic carbocycles. The van der Waals surface area contributed by atoms with E-state index in [-0.39, 0.29) is 24.6 Å². The molecule has 0 fully saturated rings. The van der Waals surface area contributed by atoms with E-state index in [1.54, 1.807) is 0 Å². The van der Waals surface area contributed by atoms with Crippen molar-refractivity contribution in [2.75, 3.05) is 0 Å². The van der Waals surface area contributed by atoms with Crippen molar-refractivity contribution in [2.45, 2.75) is 0 Å². The Hall–Kier alpha value is -0.783. The first-order chi connectivity index (χ1) is 3.81. The third kappa shape index (κ3) is 7.22. The number of terminal acetylenes is 1. The number of allylic oxidation sites excluding steroid dienone is 2. The molecule has 0 N–H and O–H groups in total. The first kappa shape index (κ1) is 11.1. The van der Waals surface area contributed by atoms with E-state index >= 15 is 0 Å². The molecule has 0 rings (SSSR count). The average Bonchev–Trinajstić information content (AvgIpc) is 1.83. The summed E-state index contributed by atoms with van der Waals surface area (Å²) in [7, 11) is 0. The monoisotopic (exact) mass is 112 g/mol. The second kappa shape index (κ2) is 7.22. The van der Waals surface area contributed by atoms with E-state index in [1.165, 1.54) is 12.2 Å². The van der Waals surface area contributed by atoms with Crippen molar-refractivity contribution in [3.63, 3.8) is 0 Å². The van der Waals surface area contributed by atoms with Gasteiger partial charge < -0.3 is 5.11 Å². The summed E-state index contributed by atoms with van der Waals surface area (Å²) in [5.74, 6) is 1.87. The maximum absolute atomic E-state index is 10.2. The standard InChI is InChI=1S/C7H6O.Li/c1-3-5-6-7(8)4-2;/h1,5-6,8H,2H2;/q;+1/p-1/b6-5+;. The fraction of sp³-hybridized carbons (Fsp3) is 0. The molecule has 0 radical (unpaired) electrons. The van der Waals surface area contributed by atoms with Gasteiger partial charge in [-0.1, -0.05) is 24.3 Å². The van der Waals surface area contributed by atoms with Crippen LogP contribution in [0.5, 0.6) is 0 Å². The quantitative estimate of drug-likeness (QED) is 0.118. The first-order valence-electron chi connectivity index (χ1n) is 2.01. The van der Waals surface area contributed by atoms with E-state index in [4.69, 9.17) is 6.42 Å². The molecule has 0 atom stereocenters. The normalized spacial score (nSPS) is 7.00. The zero-order valence-corrected chi connectivity index (χ0v) is 5.35. The van der Waals surface area contributed by atoms with Crippen molar-refractivity contribution >= 4 is 0 Å². The van der Waals surface area contributed by atoms with Gasteiger partial charge in [-0.25, -0.2) is 0 Å². The number of hydrogen-bond donors (Lipinski definition) is 0. The number of hydrogen-bond acceptors (Lipinski definition) is 1. The van der Waals surface area contributed by atoms with Gasteiger partial charge >= 0.3 is 18.9 Å². The van der Waals surface area contributed by atoms with E-state index in [0.29, 0.717) is 0 Å². The van der Waals surface area contributed by atoms with Gasteiger partial charge in [-0.3, -0.25) is 0 Å². The fourth-order valence-corrected chi connectivity index (χ4v) is 0.183. The number of rotatable bonds is 1. The average molecular weight is 112 g/mol. The van der Waals surface area contributed by atoms with Gasteiger partial charge in [0.1, 0.15) is 0 Å². The van der Waals surface area contributed by atoms with Gasteiger partial charge in [-0.15, -0.1) is 12.2 Å². The van der Waals surface area contributed by atoms with Crippen LogP contribution in [0.15, 0.2) is 30.2 Å². The zero-order valence-electron chi connectivity index (χ0n) is 5.35. The molecule has 0 saturated carbocycles. The van der Waals surface area contributed by atoms with Crippen LogP contribution >= 0.6 is 0 Å². The predicted molar refractivity (Wildman–Crippen MR) is 30.6 cm³/mol. The van der Waals surface area contributed by atoms with E-state index < -0.39 is 0 Å². The molecular formula is C7H5LiO. The Morgan fingerprint density at radius 2 is 2.22 bits per heavy atom. The van der Waals surface area contributed by atoms with Crippen LogP contribution < -0.4 is 24.0 Å². The Bertz CT molecular complexity index is 180. The van der Waals surface area contributed by atoms with E-state index in [9.17, 15) is 5.11 Å². The van der Waals surface area contributed by atoms with Gasteiger partial charge in [0.25, 0.3) is 0 Å². The second-order valence-corrected chi connectivity index (χ2v) is 1.04. The van der Waals surface area contributed by atoms with Crippen LogP contribution in [-0.4, -0.2) is 0 Å². The molecule has 0 saturated heterocycles. The molecular weight excluding hydrogens is 107 g/mol. The van der Waals surface area contributed by atoms with Crippen molar-refractivity contribution in [3.05, 3.63) is 30.2 Å². The molecule has 9 heavy (non-hydrogen) atoms. The summed E-state index contributed by atoms with van der Waals surface area (Å²) >= 11 is 0. The first-order valence-corrected chi connectivity index (χ1v) is 2.01. The summed E-state index contributed by atoms with van der Waals surface area (Å²) < 4.78 is 0. The molecule has 1 nitrogen and oxygen atoms in total. The summed E-state index contributed by atoms with van der Waals surface area (Å²) in [6.45, 7) is 3.12. The largest absolute Gasteiger partial charge is 1.00 e. The molecule has 0 aliphatic rings. The molecule has 2 heteroatoms. The van der Waals surface area contributed by atoms with Crippen molar-refractivity contribution in [2.24, 2.45) is 0 Å². The van der Waals surface area contributed by atoms with Crippen LogP contribution in [0.1, 0.15) is 0 Å². The molecule has 0 aliphatic heterocycles. The summed E-state index contributed by atoms with van der Waals surface area (Å²) in [6, 6.07) is 0. The maximum atomic E-state index is 10.2. The van der Waals surface area contributed by atoms with Gasteiger partial charge in [0.2, 0.25) is 0 Å². The Morgan fingerprint density at radius 3 is 2.56 bits per heavy atom. The summed E-state index contributed by atoms with van der Waals surface area (Å²) in [5.41, 5.74) is 2.13. The predicted octanol–water partition coefficient (Wildman–Crippen LogP) is -2.79. The summed E-state index contributed by atoms with van der Waals surface area (Å²) in [5, 5.41) is 10.2. The van der Waals surface area contributed by atoms with Gasteiger partial charge in [-0.05, 0) is 6.08 Å². The van der Waals surface area contributed by atoms with Crippen LogP contribution in [-0.2, 0) is 0 Å². The van der Waals surface area contributed by atoms with Gasteiger partial charge in [0, 0.05) is 0 Å². The van der Waals surface area contributed by atoms with Crippen LogP contribution in [0.3, 0.4) is 0 Å². The molecule has 0 spiro atoms. The second-order valence-electron chi connectivity index (χ2n) is 1.04. The van der Waals surface area contributed by atoms with Crippen LogP contribution in [0.2, 0.25) is 0 Å². The molecule has 0 aromatic heterocycles. The Kier molecular flexibility index (Phi) is 8.88. The third-order valence-electron chi connectivity index (χ3n) is 0.505. The van der Waals surface area contributed by atoms with Crippen LogP contribution in [0, 0.1) is 12.3 Å². The SMILES string of the molecule is C#C/C=C/C([O-])=C=C.[Li+]. The van der Waals surface area contributed by atoms with Crippen molar-refractivity contribution < 1.29 is 24.0 Å². The molecule has 0 aromatic rings. The minimum atomic E-state index is -0.289. The molecule has 0 unspecified atom stereocenters. The summed E-state index contributed by atoms with van der Waals surface area (Å²) in [4.78, 5) is 0. The minimum absolute atomic E-state index is 0. The van der Waals surface area contributed by atoms with Crippen LogP contribution in [0.4, 0.5) is 0 Å². The van der Waals surface area contributed by atoms with Crippen molar-refractivity contribution in [1.29, 1.82) is 0 Å². The molecule has 0 bridgehead atoms. The van der Waals surface area contributed by atoms with E-state index in [2.05, 4.69) is 18.2 Å². The Balaban J connectivity index is 0. The minimum Gasteiger partial charge on any atom is -0.867 e. The Labute approximate surface area is 67.0 Å². The molecule has 0 amide bonds. The maximum Gasteiger partial charge on any atom is 1.00 e. The molecule has 0 heterocycles. The Morgan fingerprint density at radius 1 is 1.67 bits per heavy atom. The zero-order chi connectivity index (χ0) is 6.41. The van der Waals surface area contributed by atoms with E-state index in [0.717, 1.165) is 0 Å². The topological polar surface area (TPSA) is 23.1 Å². The molecule has 0 aromatic carbocycles. The fourth-order valence-electron chi connectivity index (χ4n) is 0.183. The van der Waals surface area contributed by atoms with Gasteiger partial charge in [-0.2, -0.15) is 0 Å². The third-order valence-corrected chi connectivity index (χ3v) is 0.505. The van der Waals surface area contributed by atoms with Gasteiger partial charge in [0.15, 0.2) is 0 Å². The van der Waals surface area contributed by atoms with Crippen molar-refractivity contribution in [1.82, 2.24) is 0 Å². The van der Waals surface area contributed by atoms with Gasteiger partial charge in [0.05, 0.1) is 0 Å². The van der Waals surface area contributed by atoms with Crippen molar-refractivity contribution in [3.8, 4) is 12.3 Å². The summed E-state index contributed by atoms with van der Waals surface area (Å²) in [6.07, 6.45) is 7.33.